The van der Waals surface area contributed by atoms with E-state index in [1.807, 2.05) is 24.3 Å². The fourth-order valence-corrected chi connectivity index (χ4v) is 2.80. The monoisotopic (exact) mass is 250 g/mol. The van der Waals surface area contributed by atoms with Crippen molar-refractivity contribution in [3.05, 3.63) is 48.0 Å². The van der Waals surface area contributed by atoms with Crippen LogP contribution in [0, 0.1) is 0 Å². The highest BCUT2D eigenvalue weighted by Crippen LogP contribution is 2.49. The van der Waals surface area contributed by atoms with Gasteiger partial charge in [0.25, 0.3) is 6.43 Å². The molecular formula is C13H8F2OS. The number of halogens is 2. The van der Waals surface area contributed by atoms with Crippen LogP contribution < -0.4 is 4.74 Å². The molecule has 0 unspecified atom stereocenters. The molecule has 17 heavy (non-hydrogen) atoms. The van der Waals surface area contributed by atoms with Crippen molar-refractivity contribution in [3.8, 4) is 11.5 Å². The largest absolute Gasteiger partial charge is 0.455 e. The van der Waals surface area contributed by atoms with Crippen molar-refractivity contribution < 1.29 is 13.5 Å². The van der Waals surface area contributed by atoms with Crippen LogP contribution in [0.2, 0.25) is 0 Å². The number of rotatable bonds is 1. The number of fused-ring (bicyclic) bond motifs is 2. The second kappa shape index (κ2) is 4.04. The Labute approximate surface area is 101 Å². The molecule has 0 amide bonds. The van der Waals surface area contributed by atoms with Gasteiger partial charge in [0.1, 0.15) is 11.5 Å². The van der Waals surface area contributed by atoms with Crippen LogP contribution in [-0.2, 0) is 0 Å². The summed E-state index contributed by atoms with van der Waals surface area (Å²) in [5.74, 6) is 1.22. The molecule has 86 valence electrons. The fourth-order valence-electron chi connectivity index (χ4n) is 1.74. The lowest BCUT2D eigenvalue weighted by molar-refractivity contribution is 0.147. The summed E-state index contributed by atoms with van der Waals surface area (Å²) in [5, 5.41) is 0. The Kier molecular flexibility index (Phi) is 2.52. The number of para-hydroxylation sites is 1. The van der Waals surface area contributed by atoms with Crippen molar-refractivity contribution in [2.45, 2.75) is 16.2 Å². The highest BCUT2D eigenvalue weighted by atomic mass is 32.2. The minimum absolute atomic E-state index is 0.0296. The topological polar surface area (TPSA) is 9.23 Å². The summed E-state index contributed by atoms with van der Waals surface area (Å²) < 4.78 is 31.3. The third-order valence-electron chi connectivity index (χ3n) is 2.53. The van der Waals surface area contributed by atoms with Gasteiger partial charge in [0.05, 0.1) is 9.79 Å². The van der Waals surface area contributed by atoms with Crippen LogP contribution in [0.25, 0.3) is 0 Å². The highest BCUT2D eigenvalue weighted by Gasteiger charge is 2.23. The van der Waals surface area contributed by atoms with Gasteiger partial charge in [-0.1, -0.05) is 36.0 Å². The molecule has 0 spiro atoms. The number of alkyl halides is 2. The van der Waals surface area contributed by atoms with Crippen LogP contribution in [0.5, 0.6) is 11.5 Å². The van der Waals surface area contributed by atoms with Gasteiger partial charge in [-0.3, -0.25) is 0 Å². The van der Waals surface area contributed by atoms with Gasteiger partial charge < -0.3 is 4.74 Å². The summed E-state index contributed by atoms with van der Waals surface area (Å²) >= 11 is 1.33. The standard InChI is InChI=1S/C13H8F2OS/c14-13(15)8-4-3-6-10-12(8)17-11-7-2-1-5-9(11)16-10/h1-7,13H. The predicted octanol–water partition coefficient (Wildman–Crippen LogP) is 4.88. The summed E-state index contributed by atoms with van der Waals surface area (Å²) in [6.45, 7) is 0. The van der Waals surface area contributed by atoms with E-state index in [0.717, 1.165) is 10.6 Å². The van der Waals surface area contributed by atoms with Crippen LogP contribution in [0.3, 0.4) is 0 Å². The third kappa shape index (κ3) is 1.78. The molecule has 1 aliphatic heterocycles. The first-order valence-electron chi connectivity index (χ1n) is 5.11. The molecule has 0 aromatic heterocycles. The second-order valence-corrected chi connectivity index (χ2v) is 4.68. The van der Waals surface area contributed by atoms with E-state index in [0.29, 0.717) is 10.6 Å². The summed E-state index contributed by atoms with van der Waals surface area (Å²) in [6, 6.07) is 12.2. The van der Waals surface area contributed by atoms with E-state index >= 15 is 0 Å². The first-order valence-corrected chi connectivity index (χ1v) is 5.93. The molecular weight excluding hydrogens is 242 g/mol. The van der Waals surface area contributed by atoms with E-state index in [1.54, 1.807) is 12.1 Å². The Morgan fingerprint density at radius 3 is 2.53 bits per heavy atom. The lowest BCUT2D eigenvalue weighted by atomic mass is 10.2. The molecule has 2 aromatic carbocycles. The lowest BCUT2D eigenvalue weighted by Crippen LogP contribution is -1.98. The van der Waals surface area contributed by atoms with Crippen molar-refractivity contribution in [1.29, 1.82) is 0 Å². The Bertz CT molecular complexity index is 569. The molecule has 1 nitrogen and oxygen atoms in total. The van der Waals surface area contributed by atoms with E-state index in [2.05, 4.69) is 0 Å². The van der Waals surface area contributed by atoms with Gasteiger partial charge in [-0.15, -0.1) is 0 Å². The number of benzene rings is 2. The maximum Gasteiger partial charge on any atom is 0.265 e. The van der Waals surface area contributed by atoms with E-state index in [9.17, 15) is 8.78 Å². The zero-order chi connectivity index (χ0) is 11.8. The third-order valence-corrected chi connectivity index (χ3v) is 3.72. The smallest absolute Gasteiger partial charge is 0.265 e. The fraction of sp³-hybridized carbons (Fsp3) is 0.0769. The van der Waals surface area contributed by atoms with E-state index < -0.39 is 6.43 Å². The van der Waals surface area contributed by atoms with Gasteiger partial charge in [-0.05, 0) is 18.2 Å². The Balaban J connectivity index is 2.12. The van der Waals surface area contributed by atoms with Crippen molar-refractivity contribution in [2.75, 3.05) is 0 Å². The average molecular weight is 250 g/mol. The minimum Gasteiger partial charge on any atom is -0.455 e. The molecule has 2 aromatic rings. The Hall–Kier alpha value is -1.55. The van der Waals surface area contributed by atoms with Crippen molar-refractivity contribution >= 4 is 11.8 Å². The van der Waals surface area contributed by atoms with Crippen LogP contribution in [0.15, 0.2) is 52.3 Å². The number of ether oxygens (including phenoxy) is 1. The highest BCUT2D eigenvalue weighted by molar-refractivity contribution is 7.99. The van der Waals surface area contributed by atoms with Crippen molar-refractivity contribution in [2.24, 2.45) is 0 Å². The van der Waals surface area contributed by atoms with Gasteiger partial charge >= 0.3 is 0 Å². The Morgan fingerprint density at radius 1 is 0.941 bits per heavy atom. The molecule has 1 aliphatic rings. The van der Waals surface area contributed by atoms with E-state index in [1.165, 1.54) is 17.8 Å². The normalized spacial score (nSPS) is 12.9. The summed E-state index contributed by atoms with van der Waals surface area (Å²) in [7, 11) is 0. The molecule has 0 atom stereocenters. The second-order valence-electron chi connectivity index (χ2n) is 3.63. The van der Waals surface area contributed by atoms with Crippen LogP contribution in [0.4, 0.5) is 8.78 Å². The minimum atomic E-state index is -2.48. The van der Waals surface area contributed by atoms with Gasteiger partial charge in [0.2, 0.25) is 0 Å². The molecule has 0 radical (unpaired) electrons. The molecule has 0 saturated carbocycles. The van der Waals surface area contributed by atoms with Crippen LogP contribution in [-0.4, -0.2) is 0 Å². The molecule has 0 N–H and O–H groups in total. The first-order chi connectivity index (χ1) is 8.25. The van der Waals surface area contributed by atoms with Crippen molar-refractivity contribution in [3.63, 3.8) is 0 Å². The Morgan fingerprint density at radius 2 is 1.71 bits per heavy atom. The van der Waals surface area contributed by atoms with Gasteiger partial charge in [0, 0.05) is 5.56 Å². The number of hydrogen-bond acceptors (Lipinski definition) is 2. The maximum atomic E-state index is 12.9. The quantitative estimate of drug-likeness (QED) is 0.608. The molecule has 0 fully saturated rings. The zero-order valence-electron chi connectivity index (χ0n) is 8.69. The summed E-state index contributed by atoms with van der Waals surface area (Å²) in [4.78, 5) is 1.38. The lowest BCUT2D eigenvalue weighted by Gasteiger charge is -2.21. The number of hydrogen-bond donors (Lipinski definition) is 0. The molecule has 0 bridgehead atoms. The molecule has 4 heteroatoms. The summed E-state index contributed by atoms with van der Waals surface area (Å²) in [5.41, 5.74) is 0.0296. The van der Waals surface area contributed by atoms with E-state index in [4.69, 9.17) is 4.74 Å². The van der Waals surface area contributed by atoms with Gasteiger partial charge in [0.15, 0.2) is 0 Å². The molecule has 0 saturated heterocycles. The average Bonchev–Trinajstić information content (AvgIpc) is 2.35. The van der Waals surface area contributed by atoms with Crippen LogP contribution in [0.1, 0.15) is 12.0 Å². The molecule has 3 rings (SSSR count). The zero-order valence-corrected chi connectivity index (χ0v) is 9.51. The predicted molar refractivity (Wildman–Crippen MR) is 62.0 cm³/mol. The van der Waals surface area contributed by atoms with Gasteiger partial charge in [-0.2, -0.15) is 0 Å². The van der Waals surface area contributed by atoms with E-state index in [-0.39, 0.29) is 5.56 Å². The summed E-state index contributed by atoms with van der Waals surface area (Å²) in [6.07, 6.45) is -2.48. The van der Waals surface area contributed by atoms with Crippen LogP contribution >= 0.6 is 11.8 Å². The maximum absolute atomic E-state index is 12.9. The molecule has 1 heterocycles. The van der Waals surface area contributed by atoms with Crippen molar-refractivity contribution in [1.82, 2.24) is 0 Å². The SMILES string of the molecule is FC(F)c1cccc2c1Sc1ccccc1O2. The first kappa shape index (κ1) is 10.6. The van der Waals surface area contributed by atoms with Gasteiger partial charge in [-0.25, -0.2) is 8.78 Å². The molecule has 0 aliphatic carbocycles.